The average molecular weight is 287 g/mol. The highest BCUT2D eigenvalue weighted by Crippen LogP contribution is 2.51. The van der Waals surface area contributed by atoms with Gasteiger partial charge in [-0.05, 0) is 20.3 Å². The van der Waals surface area contributed by atoms with E-state index in [1.165, 1.54) is 0 Å². The van der Waals surface area contributed by atoms with Gasteiger partial charge in [0.2, 0.25) is 5.91 Å². The van der Waals surface area contributed by atoms with Crippen molar-refractivity contribution in [3.8, 4) is 0 Å². The largest absolute Gasteiger partial charge is 0.466 e. The van der Waals surface area contributed by atoms with E-state index in [2.05, 4.69) is 5.32 Å². The van der Waals surface area contributed by atoms with Crippen LogP contribution >= 0.6 is 0 Å². The van der Waals surface area contributed by atoms with Gasteiger partial charge in [-0.1, -0.05) is 13.8 Å². The first-order valence-electron chi connectivity index (χ1n) is 6.87. The molecular weight excluding hydrogens is 262 g/mol. The van der Waals surface area contributed by atoms with Gasteiger partial charge in [-0.15, -0.1) is 0 Å². The third-order valence-electron chi connectivity index (χ3n) is 4.56. The van der Waals surface area contributed by atoms with E-state index in [-0.39, 0.29) is 30.1 Å². The molecular formula is C14H25NO5. The SMILES string of the molecule is CCOC(=O)C[C@H](O)C(=O)N[C@H]1C[C@@](C)(OC)C1(C)C. The number of nitrogens with one attached hydrogen (secondary N) is 1. The molecule has 2 N–H and O–H groups in total. The summed E-state index contributed by atoms with van der Waals surface area (Å²) < 4.78 is 10.2. The van der Waals surface area contributed by atoms with Crippen LogP contribution in [0.1, 0.15) is 40.5 Å². The molecule has 0 aromatic rings. The van der Waals surface area contributed by atoms with Crippen LogP contribution < -0.4 is 5.32 Å². The molecule has 1 aliphatic carbocycles. The van der Waals surface area contributed by atoms with Crippen molar-refractivity contribution < 1.29 is 24.2 Å². The summed E-state index contributed by atoms with van der Waals surface area (Å²) in [7, 11) is 1.65. The molecule has 1 aliphatic rings. The van der Waals surface area contributed by atoms with Crippen LogP contribution in [0.3, 0.4) is 0 Å². The molecule has 3 atom stereocenters. The number of amides is 1. The van der Waals surface area contributed by atoms with Gasteiger partial charge in [0.25, 0.3) is 0 Å². The second kappa shape index (κ2) is 6.10. The van der Waals surface area contributed by atoms with Gasteiger partial charge in [0.05, 0.1) is 18.6 Å². The molecule has 6 heteroatoms. The van der Waals surface area contributed by atoms with Gasteiger partial charge in [-0.3, -0.25) is 9.59 Å². The van der Waals surface area contributed by atoms with Crippen LogP contribution in [-0.4, -0.2) is 48.4 Å². The molecule has 1 rings (SSSR count). The third-order valence-corrected chi connectivity index (χ3v) is 4.56. The lowest BCUT2D eigenvalue weighted by atomic mass is 9.56. The summed E-state index contributed by atoms with van der Waals surface area (Å²) >= 11 is 0. The first kappa shape index (κ1) is 16.9. The second-order valence-electron chi connectivity index (χ2n) is 5.95. The highest BCUT2D eigenvalue weighted by molar-refractivity contribution is 5.85. The minimum absolute atomic E-state index is 0.0863. The minimum Gasteiger partial charge on any atom is -0.466 e. The molecule has 0 saturated heterocycles. The first-order valence-corrected chi connectivity index (χ1v) is 6.87. The number of esters is 1. The topological polar surface area (TPSA) is 84.9 Å². The van der Waals surface area contributed by atoms with Crippen LogP contribution in [0, 0.1) is 5.41 Å². The molecule has 1 amide bonds. The highest BCUT2D eigenvalue weighted by Gasteiger charge is 2.58. The Morgan fingerprint density at radius 2 is 2.00 bits per heavy atom. The molecule has 0 radical (unpaired) electrons. The van der Waals surface area contributed by atoms with Crippen molar-refractivity contribution in [3.63, 3.8) is 0 Å². The molecule has 6 nitrogen and oxygen atoms in total. The Morgan fingerprint density at radius 1 is 1.40 bits per heavy atom. The zero-order chi connectivity index (χ0) is 15.6. The molecule has 0 aromatic heterocycles. The van der Waals surface area contributed by atoms with Crippen molar-refractivity contribution in [2.45, 2.75) is 58.3 Å². The predicted octanol–water partition coefficient (Wildman–Crippen LogP) is 0.620. The normalized spacial score (nSPS) is 29.2. The molecule has 0 spiro atoms. The fraction of sp³-hybridized carbons (Fsp3) is 0.857. The lowest BCUT2D eigenvalue weighted by Crippen LogP contribution is -2.69. The summed E-state index contributed by atoms with van der Waals surface area (Å²) in [6.45, 7) is 7.90. The molecule has 116 valence electrons. The molecule has 1 saturated carbocycles. The van der Waals surface area contributed by atoms with Gasteiger partial charge >= 0.3 is 5.97 Å². The Labute approximate surface area is 119 Å². The maximum atomic E-state index is 11.9. The molecule has 0 aromatic carbocycles. The minimum atomic E-state index is -1.38. The van der Waals surface area contributed by atoms with Crippen molar-refractivity contribution in [2.75, 3.05) is 13.7 Å². The summed E-state index contributed by atoms with van der Waals surface area (Å²) in [4.78, 5) is 23.1. The van der Waals surface area contributed by atoms with E-state index < -0.39 is 18.0 Å². The number of rotatable bonds is 6. The lowest BCUT2D eigenvalue weighted by Gasteiger charge is -2.59. The van der Waals surface area contributed by atoms with Crippen molar-refractivity contribution in [1.29, 1.82) is 0 Å². The zero-order valence-electron chi connectivity index (χ0n) is 12.9. The van der Waals surface area contributed by atoms with Crippen LogP contribution in [0.25, 0.3) is 0 Å². The summed E-state index contributed by atoms with van der Waals surface area (Å²) in [5.74, 6) is -1.13. The Morgan fingerprint density at radius 3 is 2.45 bits per heavy atom. The number of carbonyl (C=O) groups excluding carboxylic acids is 2. The highest BCUT2D eigenvalue weighted by atomic mass is 16.5. The van der Waals surface area contributed by atoms with E-state index >= 15 is 0 Å². The van der Waals surface area contributed by atoms with Gasteiger partial charge in [-0.25, -0.2) is 0 Å². The summed E-state index contributed by atoms with van der Waals surface area (Å²) in [6, 6.07) is -0.0863. The number of carbonyl (C=O) groups is 2. The number of aliphatic hydroxyl groups is 1. The van der Waals surface area contributed by atoms with E-state index in [4.69, 9.17) is 9.47 Å². The van der Waals surface area contributed by atoms with E-state index in [1.54, 1.807) is 14.0 Å². The first-order chi connectivity index (χ1) is 9.17. The zero-order valence-corrected chi connectivity index (χ0v) is 12.9. The standard InChI is InChI=1S/C14H25NO5/c1-6-20-11(17)7-9(16)12(18)15-10-8-14(4,19-5)13(10,2)3/h9-10,16H,6-8H2,1-5H3,(H,15,18)/t9-,10-,14+/m0/s1. The molecule has 1 fully saturated rings. The second-order valence-corrected chi connectivity index (χ2v) is 5.95. The fourth-order valence-electron chi connectivity index (χ4n) is 2.46. The van der Waals surface area contributed by atoms with Gasteiger partial charge in [0.15, 0.2) is 0 Å². The summed E-state index contributed by atoms with van der Waals surface area (Å²) in [5.41, 5.74) is -0.530. The maximum absolute atomic E-state index is 11.9. The van der Waals surface area contributed by atoms with Gasteiger partial charge in [-0.2, -0.15) is 0 Å². The Bertz CT molecular complexity index is 382. The molecule has 0 heterocycles. The third kappa shape index (κ3) is 3.12. The van der Waals surface area contributed by atoms with Crippen molar-refractivity contribution in [2.24, 2.45) is 5.41 Å². The number of hydrogen-bond acceptors (Lipinski definition) is 5. The Hall–Kier alpha value is -1.14. The van der Waals surface area contributed by atoms with Crippen LogP contribution in [0.2, 0.25) is 0 Å². The average Bonchev–Trinajstić information content (AvgIpc) is 2.37. The van der Waals surface area contributed by atoms with Crippen LogP contribution in [-0.2, 0) is 19.1 Å². The molecule has 20 heavy (non-hydrogen) atoms. The molecule has 0 aliphatic heterocycles. The lowest BCUT2D eigenvalue weighted by molar-refractivity contribution is -0.184. The van der Waals surface area contributed by atoms with Crippen molar-refractivity contribution in [3.05, 3.63) is 0 Å². The maximum Gasteiger partial charge on any atom is 0.308 e. The van der Waals surface area contributed by atoms with Gasteiger partial charge < -0.3 is 19.9 Å². The predicted molar refractivity (Wildman–Crippen MR) is 73.0 cm³/mol. The smallest absolute Gasteiger partial charge is 0.308 e. The van der Waals surface area contributed by atoms with E-state index in [1.807, 2.05) is 20.8 Å². The number of ether oxygens (including phenoxy) is 2. The number of aliphatic hydroxyl groups excluding tert-OH is 1. The van der Waals surface area contributed by atoms with E-state index in [9.17, 15) is 14.7 Å². The van der Waals surface area contributed by atoms with Crippen molar-refractivity contribution in [1.82, 2.24) is 5.32 Å². The van der Waals surface area contributed by atoms with Gasteiger partial charge in [0.1, 0.15) is 6.10 Å². The monoisotopic (exact) mass is 287 g/mol. The quantitative estimate of drug-likeness (QED) is 0.700. The molecule has 0 bridgehead atoms. The number of methoxy groups -OCH3 is 1. The summed E-state index contributed by atoms with van der Waals surface area (Å²) in [6.07, 6.45) is -1.03. The Balaban J connectivity index is 2.50. The van der Waals surface area contributed by atoms with Crippen molar-refractivity contribution >= 4 is 11.9 Å². The van der Waals surface area contributed by atoms with E-state index in [0.717, 1.165) is 0 Å². The van der Waals surface area contributed by atoms with Crippen LogP contribution in [0.5, 0.6) is 0 Å². The van der Waals surface area contributed by atoms with E-state index in [0.29, 0.717) is 6.42 Å². The summed E-state index contributed by atoms with van der Waals surface area (Å²) in [5, 5.41) is 12.5. The molecule has 0 unspecified atom stereocenters. The number of hydrogen-bond donors (Lipinski definition) is 2. The van der Waals surface area contributed by atoms with Gasteiger partial charge in [0, 0.05) is 18.6 Å². The van der Waals surface area contributed by atoms with Crippen LogP contribution in [0.4, 0.5) is 0 Å². The Kier molecular flexibility index (Phi) is 5.15. The van der Waals surface area contributed by atoms with Crippen LogP contribution in [0.15, 0.2) is 0 Å². The fourth-order valence-corrected chi connectivity index (χ4v) is 2.46.